The van der Waals surface area contributed by atoms with Crippen molar-refractivity contribution in [3.05, 3.63) is 41.2 Å². The quantitative estimate of drug-likeness (QED) is 0.887. The Bertz CT molecular complexity index is 880. The average molecular weight is 374 g/mol. The number of carbonyl (C=O) groups excluding carboxylic acids is 2. The van der Waals surface area contributed by atoms with Crippen molar-refractivity contribution >= 4 is 34.8 Å². The van der Waals surface area contributed by atoms with Gasteiger partial charge in [-0.1, -0.05) is 17.7 Å². The summed E-state index contributed by atoms with van der Waals surface area (Å²) in [6.45, 7) is 2.78. The Morgan fingerprint density at radius 3 is 2.88 bits per heavy atom. The number of piperazine rings is 1. The highest BCUT2D eigenvalue weighted by molar-refractivity contribution is 6.31. The van der Waals surface area contributed by atoms with Gasteiger partial charge in [0.25, 0.3) is 0 Å². The second kappa shape index (κ2) is 6.41. The van der Waals surface area contributed by atoms with E-state index in [0.717, 1.165) is 17.8 Å². The van der Waals surface area contributed by atoms with Crippen LogP contribution in [0.15, 0.2) is 30.5 Å². The molecule has 1 N–H and O–H groups in total. The van der Waals surface area contributed by atoms with E-state index in [1.807, 2.05) is 42.0 Å². The summed E-state index contributed by atoms with van der Waals surface area (Å²) in [6, 6.07) is 7.17. The van der Waals surface area contributed by atoms with Gasteiger partial charge >= 0.3 is 0 Å². The molecule has 0 unspecified atom stereocenters. The minimum atomic E-state index is -0.250. The van der Waals surface area contributed by atoms with E-state index in [4.69, 9.17) is 11.6 Å². The van der Waals surface area contributed by atoms with Crippen LogP contribution >= 0.6 is 11.6 Å². The molecule has 0 spiro atoms. The number of benzene rings is 1. The Morgan fingerprint density at radius 2 is 2.23 bits per heavy atom. The molecule has 26 heavy (non-hydrogen) atoms. The number of amides is 2. The predicted octanol–water partition coefficient (Wildman–Crippen LogP) is 1.81. The van der Waals surface area contributed by atoms with Gasteiger partial charge in [-0.2, -0.15) is 5.10 Å². The van der Waals surface area contributed by atoms with Crippen LogP contribution in [0, 0.1) is 6.92 Å². The number of fused-ring (bicyclic) bond motifs is 2. The highest BCUT2D eigenvalue weighted by atomic mass is 35.5. The number of anilines is 2. The molecule has 0 radical (unpaired) electrons. The molecule has 1 aromatic heterocycles. The Balaban J connectivity index is 1.42. The van der Waals surface area contributed by atoms with Crippen LogP contribution in [0.3, 0.4) is 0 Å². The third kappa shape index (κ3) is 2.87. The summed E-state index contributed by atoms with van der Waals surface area (Å²) >= 11 is 6.05. The minimum Gasteiger partial charge on any atom is -0.322 e. The van der Waals surface area contributed by atoms with Crippen molar-refractivity contribution in [3.63, 3.8) is 0 Å². The van der Waals surface area contributed by atoms with Crippen molar-refractivity contribution in [2.75, 3.05) is 23.3 Å². The molecule has 2 aliphatic rings. The van der Waals surface area contributed by atoms with E-state index in [0.29, 0.717) is 17.3 Å². The highest BCUT2D eigenvalue weighted by Gasteiger charge is 2.50. The van der Waals surface area contributed by atoms with Crippen LogP contribution < -0.4 is 10.2 Å². The molecule has 2 bridgehead atoms. The van der Waals surface area contributed by atoms with Crippen LogP contribution in [0.4, 0.5) is 11.4 Å². The van der Waals surface area contributed by atoms with Gasteiger partial charge in [0.1, 0.15) is 0 Å². The van der Waals surface area contributed by atoms with Gasteiger partial charge in [0.2, 0.25) is 11.8 Å². The van der Waals surface area contributed by atoms with Gasteiger partial charge in [-0.25, -0.2) is 0 Å². The number of rotatable bonds is 4. The third-order valence-electron chi connectivity index (χ3n) is 5.21. The largest absolute Gasteiger partial charge is 0.322 e. The Labute approximate surface area is 156 Å². The molecule has 136 valence electrons. The summed E-state index contributed by atoms with van der Waals surface area (Å²) in [5.74, 6) is -0.0929. The molecule has 1 aromatic carbocycles. The molecule has 8 heteroatoms. The molecule has 2 saturated heterocycles. The molecule has 3 heterocycles. The van der Waals surface area contributed by atoms with Gasteiger partial charge in [-0.3, -0.25) is 19.2 Å². The number of likely N-dealkylation sites (tertiary alicyclic amines) is 1. The third-order valence-corrected chi connectivity index (χ3v) is 5.45. The van der Waals surface area contributed by atoms with Crippen LogP contribution in [-0.4, -0.2) is 51.7 Å². The summed E-state index contributed by atoms with van der Waals surface area (Å²) in [6.07, 6.45) is 2.37. The predicted molar refractivity (Wildman–Crippen MR) is 99.3 cm³/mol. The van der Waals surface area contributed by atoms with E-state index < -0.39 is 0 Å². The Morgan fingerprint density at radius 1 is 1.42 bits per heavy atom. The number of nitrogens with zero attached hydrogens (tertiary/aromatic N) is 4. The van der Waals surface area contributed by atoms with Crippen LogP contribution in [0.2, 0.25) is 5.02 Å². The van der Waals surface area contributed by atoms with E-state index in [1.165, 1.54) is 0 Å². The number of aryl methyl sites for hydroxylation is 1. The van der Waals surface area contributed by atoms with Crippen molar-refractivity contribution in [1.82, 2.24) is 14.7 Å². The maximum atomic E-state index is 12.8. The topological polar surface area (TPSA) is 70.5 Å². The second-order valence-electron chi connectivity index (χ2n) is 6.84. The molecule has 2 atom stereocenters. The maximum absolute atomic E-state index is 12.8. The minimum absolute atomic E-state index is 0.0360. The molecular weight excluding hydrogens is 354 g/mol. The molecule has 0 saturated carbocycles. The number of carbonyl (C=O) groups is 2. The van der Waals surface area contributed by atoms with Gasteiger partial charge in [-0.05, 0) is 31.5 Å². The van der Waals surface area contributed by atoms with Gasteiger partial charge in [0.05, 0.1) is 36.2 Å². The first kappa shape index (κ1) is 17.1. The molecule has 2 amide bonds. The van der Waals surface area contributed by atoms with Gasteiger partial charge in [-0.15, -0.1) is 0 Å². The molecule has 2 fully saturated rings. The fourth-order valence-electron chi connectivity index (χ4n) is 3.80. The summed E-state index contributed by atoms with van der Waals surface area (Å²) in [5.41, 5.74) is 2.42. The zero-order chi connectivity index (χ0) is 18.4. The number of hydrogen-bond donors (Lipinski definition) is 1. The van der Waals surface area contributed by atoms with Crippen molar-refractivity contribution in [3.8, 4) is 0 Å². The summed E-state index contributed by atoms with van der Waals surface area (Å²) in [4.78, 5) is 28.9. The van der Waals surface area contributed by atoms with E-state index in [2.05, 4.69) is 10.4 Å². The van der Waals surface area contributed by atoms with Gasteiger partial charge in [0.15, 0.2) is 0 Å². The highest BCUT2D eigenvalue weighted by Crippen LogP contribution is 2.36. The van der Waals surface area contributed by atoms with Crippen molar-refractivity contribution in [2.24, 2.45) is 7.05 Å². The molecule has 4 rings (SSSR count). The van der Waals surface area contributed by atoms with Crippen molar-refractivity contribution < 1.29 is 9.59 Å². The first-order valence-electron chi connectivity index (χ1n) is 8.55. The summed E-state index contributed by atoms with van der Waals surface area (Å²) < 4.78 is 1.71. The van der Waals surface area contributed by atoms with Crippen molar-refractivity contribution in [2.45, 2.75) is 25.4 Å². The lowest BCUT2D eigenvalue weighted by atomic mass is 10.2. The zero-order valence-electron chi connectivity index (χ0n) is 14.6. The first-order chi connectivity index (χ1) is 12.4. The lowest BCUT2D eigenvalue weighted by Gasteiger charge is -2.33. The number of hydrogen-bond acceptors (Lipinski definition) is 4. The number of halogens is 1. The summed E-state index contributed by atoms with van der Waals surface area (Å²) in [7, 11) is 1.83. The maximum Gasteiger partial charge on any atom is 0.244 e. The van der Waals surface area contributed by atoms with Crippen LogP contribution in [0.25, 0.3) is 0 Å². The molecule has 0 aliphatic carbocycles. The lowest BCUT2D eigenvalue weighted by molar-refractivity contribution is -0.124. The Hall–Kier alpha value is -2.38. The van der Waals surface area contributed by atoms with Crippen molar-refractivity contribution in [1.29, 1.82) is 0 Å². The molecule has 7 nitrogen and oxygen atoms in total. The Kier molecular flexibility index (Phi) is 4.20. The zero-order valence-corrected chi connectivity index (χ0v) is 15.4. The first-order valence-corrected chi connectivity index (χ1v) is 8.93. The lowest BCUT2D eigenvalue weighted by Crippen LogP contribution is -2.52. The van der Waals surface area contributed by atoms with Crippen LogP contribution in [0.5, 0.6) is 0 Å². The fourth-order valence-corrected chi connectivity index (χ4v) is 3.98. The van der Waals surface area contributed by atoms with Crippen LogP contribution in [-0.2, 0) is 16.6 Å². The van der Waals surface area contributed by atoms with Gasteiger partial charge in [0, 0.05) is 24.3 Å². The molecular formula is C18H20ClN5O2. The monoisotopic (exact) mass is 373 g/mol. The molecule has 2 aromatic rings. The standard InChI is InChI=1S/C18H20ClN5O2/c1-11-15(8-20-22(11)2)21-17(25)10-23-9-14-7-16(23)18(26)24(14)13-5-3-4-12(19)6-13/h3-6,8,14,16H,7,9-10H2,1-2H3,(H,21,25)/t14-,16-/m0/s1. The number of nitrogens with one attached hydrogen (secondary N) is 1. The normalized spacial score (nSPS) is 22.3. The fraction of sp³-hybridized carbons (Fsp3) is 0.389. The van der Waals surface area contributed by atoms with E-state index >= 15 is 0 Å². The second-order valence-corrected chi connectivity index (χ2v) is 7.27. The van der Waals surface area contributed by atoms with E-state index in [-0.39, 0.29) is 30.4 Å². The van der Waals surface area contributed by atoms with Crippen LogP contribution in [0.1, 0.15) is 12.1 Å². The molecule has 2 aliphatic heterocycles. The summed E-state index contributed by atoms with van der Waals surface area (Å²) in [5, 5.41) is 7.61. The number of aromatic nitrogens is 2. The smallest absolute Gasteiger partial charge is 0.244 e. The van der Waals surface area contributed by atoms with Gasteiger partial charge < -0.3 is 10.2 Å². The van der Waals surface area contributed by atoms with E-state index in [9.17, 15) is 9.59 Å². The average Bonchev–Trinajstić information content (AvgIpc) is 3.23. The van der Waals surface area contributed by atoms with E-state index in [1.54, 1.807) is 16.9 Å². The SMILES string of the molecule is Cc1c(NC(=O)CN2C[C@@H]3C[C@H]2C(=O)N3c2cccc(Cl)c2)cnn1C.